The van der Waals surface area contributed by atoms with Crippen LogP contribution in [0.3, 0.4) is 0 Å². The minimum absolute atomic E-state index is 0.123. The molecule has 0 radical (unpaired) electrons. The van der Waals surface area contributed by atoms with E-state index in [4.69, 9.17) is 4.74 Å². The van der Waals surface area contributed by atoms with E-state index in [-0.39, 0.29) is 5.91 Å². The second kappa shape index (κ2) is 8.67. The number of hydrogen-bond donors (Lipinski definition) is 1. The number of nitrogens with zero attached hydrogens (tertiary/aromatic N) is 3. The Balaban J connectivity index is 1.51. The summed E-state index contributed by atoms with van der Waals surface area (Å²) in [5.41, 5.74) is 1.33. The van der Waals surface area contributed by atoms with Crippen LogP contribution in [0, 0.1) is 0 Å². The molecule has 0 atom stereocenters. The Bertz CT molecular complexity index is 673. The molecule has 25 heavy (non-hydrogen) atoms. The van der Waals surface area contributed by atoms with Crippen LogP contribution < -0.4 is 10.1 Å². The van der Waals surface area contributed by atoms with Gasteiger partial charge in [-0.25, -0.2) is 4.68 Å². The smallest absolute Gasteiger partial charge is 0.271 e. The van der Waals surface area contributed by atoms with Gasteiger partial charge in [0.1, 0.15) is 5.75 Å². The van der Waals surface area contributed by atoms with Crippen molar-refractivity contribution in [1.82, 2.24) is 20.0 Å². The summed E-state index contributed by atoms with van der Waals surface area (Å²) in [4.78, 5) is 14.7. The SMILES string of the molecule is COc1ccc(-n2ccc(C(=O)NCCN3CCCCCC3)n2)cc1. The summed E-state index contributed by atoms with van der Waals surface area (Å²) < 4.78 is 6.85. The zero-order valence-electron chi connectivity index (χ0n) is 14.8. The fraction of sp³-hybridized carbons (Fsp3) is 0.474. The molecule has 0 bridgehead atoms. The van der Waals surface area contributed by atoms with Gasteiger partial charge in [-0.2, -0.15) is 5.10 Å². The van der Waals surface area contributed by atoms with Gasteiger partial charge in [0.05, 0.1) is 12.8 Å². The number of carbonyl (C=O) groups excluding carboxylic acids is 1. The van der Waals surface area contributed by atoms with E-state index in [2.05, 4.69) is 15.3 Å². The molecule has 0 spiro atoms. The lowest BCUT2D eigenvalue weighted by Crippen LogP contribution is -2.35. The highest BCUT2D eigenvalue weighted by Gasteiger charge is 2.12. The number of rotatable bonds is 6. The van der Waals surface area contributed by atoms with E-state index in [1.165, 1.54) is 25.7 Å². The lowest BCUT2D eigenvalue weighted by molar-refractivity contribution is 0.0943. The Kier molecular flexibility index (Phi) is 6.06. The predicted octanol–water partition coefficient (Wildman–Crippen LogP) is 2.49. The van der Waals surface area contributed by atoms with Gasteiger partial charge in [0.15, 0.2) is 5.69 Å². The van der Waals surface area contributed by atoms with Gasteiger partial charge in [0, 0.05) is 19.3 Å². The summed E-state index contributed by atoms with van der Waals surface area (Å²) in [7, 11) is 1.64. The molecular formula is C19H26N4O2. The summed E-state index contributed by atoms with van der Waals surface area (Å²) in [5.74, 6) is 0.671. The van der Waals surface area contributed by atoms with Gasteiger partial charge >= 0.3 is 0 Å². The molecule has 1 aliphatic rings. The van der Waals surface area contributed by atoms with Crippen LogP contribution in [0.1, 0.15) is 36.2 Å². The molecule has 0 saturated carbocycles. The molecule has 1 amide bonds. The van der Waals surface area contributed by atoms with Crippen LogP contribution >= 0.6 is 0 Å². The predicted molar refractivity (Wildman–Crippen MR) is 97.4 cm³/mol. The lowest BCUT2D eigenvalue weighted by Gasteiger charge is -2.19. The molecule has 1 fully saturated rings. The number of ether oxygens (including phenoxy) is 1. The molecule has 6 heteroatoms. The third-order valence-electron chi connectivity index (χ3n) is 4.57. The number of carbonyl (C=O) groups is 1. The van der Waals surface area contributed by atoms with Crippen molar-refractivity contribution in [3.63, 3.8) is 0 Å². The lowest BCUT2D eigenvalue weighted by atomic mass is 10.2. The summed E-state index contributed by atoms with van der Waals surface area (Å²) in [6, 6.07) is 9.31. The van der Waals surface area contributed by atoms with Crippen molar-refractivity contribution >= 4 is 5.91 Å². The van der Waals surface area contributed by atoms with Crippen LogP contribution in [0.15, 0.2) is 36.5 Å². The molecule has 1 N–H and O–H groups in total. The molecule has 0 unspecified atom stereocenters. The first kappa shape index (κ1) is 17.5. The highest BCUT2D eigenvalue weighted by Crippen LogP contribution is 2.14. The summed E-state index contributed by atoms with van der Waals surface area (Å²) in [6.45, 7) is 3.85. The van der Waals surface area contributed by atoms with Gasteiger partial charge in [-0.1, -0.05) is 12.8 Å². The molecule has 134 valence electrons. The minimum atomic E-state index is -0.123. The summed E-state index contributed by atoms with van der Waals surface area (Å²) >= 11 is 0. The normalized spacial score (nSPS) is 15.6. The average Bonchev–Trinajstić information content (AvgIpc) is 3.00. The van der Waals surface area contributed by atoms with Crippen molar-refractivity contribution in [3.8, 4) is 11.4 Å². The average molecular weight is 342 g/mol. The third-order valence-corrected chi connectivity index (χ3v) is 4.57. The van der Waals surface area contributed by atoms with Crippen LogP contribution in [0.25, 0.3) is 5.69 Å². The van der Waals surface area contributed by atoms with E-state index in [0.29, 0.717) is 12.2 Å². The highest BCUT2D eigenvalue weighted by molar-refractivity contribution is 5.92. The van der Waals surface area contributed by atoms with Crippen LogP contribution in [-0.4, -0.2) is 53.9 Å². The Hall–Kier alpha value is -2.34. The zero-order chi connectivity index (χ0) is 17.5. The standard InChI is InChI=1S/C19H26N4O2/c1-25-17-8-6-16(7-9-17)23-14-10-18(21-23)19(24)20-11-15-22-12-4-2-3-5-13-22/h6-10,14H,2-5,11-13,15H2,1H3,(H,20,24). The number of amides is 1. The Labute approximate surface area is 148 Å². The summed E-state index contributed by atoms with van der Waals surface area (Å²) in [6.07, 6.45) is 6.98. The van der Waals surface area contributed by atoms with Crippen LogP contribution in [-0.2, 0) is 0 Å². The minimum Gasteiger partial charge on any atom is -0.497 e. The molecule has 2 aromatic rings. The van der Waals surface area contributed by atoms with Gasteiger partial charge in [0.25, 0.3) is 5.91 Å². The molecule has 1 aromatic carbocycles. The Morgan fingerprint density at radius 3 is 2.52 bits per heavy atom. The molecule has 1 aromatic heterocycles. The maximum Gasteiger partial charge on any atom is 0.271 e. The molecular weight excluding hydrogens is 316 g/mol. The van der Waals surface area contributed by atoms with Crippen molar-refractivity contribution in [2.45, 2.75) is 25.7 Å². The van der Waals surface area contributed by atoms with Gasteiger partial charge in [-0.3, -0.25) is 4.79 Å². The summed E-state index contributed by atoms with van der Waals surface area (Å²) in [5, 5.41) is 7.34. The second-order valence-electron chi connectivity index (χ2n) is 6.36. The van der Waals surface area contributed by atoms with Gasteiger partial charge < -0.3 is 15.0 Å². The van der Waals surface area contributed by atoms with Gasteiger partial charge in [0.2, 0.25) is 0 Å². The molecule has 3 rings (SSSR count). The number of likely N-dealkylation sites (tertiary alicyclic amines) is 1. The first-order chi connectivity index (χ1) is 12.3. The number of nitrogens with one attached hydrogen (secondary N) is 1. The first-order valence-electron chi connectivity index (χ1n) is 8.97. The fourth-order valence-electron chi connectivity index (χ4n) is 3.10. The number of benzene rings is 1. The number of methoxy groups -OCH3 is 1. The van der Waals surface area contributed by atoms with Crippen LogP contribution in [0.4, 0.5) is 0 Å². The fourth-order valence-corrected chi connectivity index (χ4v) is 3.10. The third kappa shape index (κ3) is 4.82. The van der Waals surface area contributed by atoms with Crippen LogP contribution in [0.2, 0.25) is 0 Å². The van der Waals surface area contributed by atoms with E-state index in [1.807, 2.05) is 24.3 Å². The van der Waals surface area contributed by atoms with Crippen LogP contribution in [0.5, 0.6) is 5.75 Å². The topological polar surface area (TPSA) is 59.4 Å². The van der Waals surface area contributed by atoms with E-state index in [9.17, 15) is 4.79 Å². The highest BCUT2D eigenvalue weighted by atomic mass is 16.5. The van der Waals surface area contributed by atoms with E-state index in [0.717, 1.165) is 31.1 Å². The molecule has 1 saturated heterocycles. The Morgan fingerprint density at radius 1 is 1.12 bits per heavy atom. The molecule has 6 nitrogen and oxygen atoms in total. The van der Waals surface area contributed by atoms with Crippen molar-refractivity contribution in [2.24, 2.45) is 0 Å². The van der Waals surface area contributed by atoms with E-state index in [1.54, 1.807) is 24.1 Å². The quantitative estimate of drug-likeness (QED) is 0.876. The van der Waals surface area contributed by atoms with Crippen molar-refractivity contribution < 1.29 is 9.53 Å². The molecule has 0 aliphatic carbocycles. The molecule has 2 heterocycles. The van der Waals surface area contributed by atoms with Gasteiger partial charge in [-0.05, 0) is 56.3 Å². The Morgan fingerprint density at radius 2 is 1.84 bits per heavy atom. The van der Waals surface area contributed by atoms with E-state index < -0.39 is 0 Å². The van der Waals surface area contributed by atoms with Crippen molar-refractivity contribution in [2.75, 3.05) is 33.3 Å². The first-order valence-corrected chi connectivity index (χ1v) is 8.97. The van der Waals surface area contributed by atoms with Gasteiger partial charge in [-0.15, -0.1) is 0 Å². The maximum atomic E-state index is 12.3. The zero-order valence-corrected chi connectivity index (χ0v) is 14.8. The number of aromatic nitrogens is 2. The largest absolute Gasteiger partial charge is 0.497 e. The molecule has 1 aliphatic heterocycles. The van der Waals surface area contributed by atoms with Crippen molar-refractivity contribution in [3.05, 3.63) is 42.2 Å². The van der Waals surface area contributed by atoms with Crippen molar-refractivity contribution in [1.29, 1.82) is 0 Å². The number of hydrogen-bond acceptors (Lipinski definition) is 4. The monoisotopic (exact) mass is 342 g/mol. The van der Waals surface area contributed by atoms with E-state index >= 15 is 0 Å². The second-order valence-corrected chi connectivity index (χ2v) is 6.36. The maximum absolute atomic E-state index is 12.3.